The standard InChI is InChI=1S/C28H21F2N7O2.C7H8O3S/c1-15(26-34-19-11-7-6-10-17(19)28(38)36(26)16-8-4-3-5-9-16)37-27-21(25(31)32-14-33-27)24(35-37)18-12-13-20(39-2)23(30)22(18)29;1-6-2-4-7(5-3-6)11(8,9)10/h3-15H,1-2H3,(H2,31,32,33);2-5H,1H3,(H,8,9,10)/t15-;/m0./s1. The van der Waals surface area contributed by atoms with Gasteiger partial charge in [-0.3, -0.25) is 13.9 Å². The van der Waals surface area contributed by atoms with Crippen molar-refractivity contribution in [2.45, 2.75) is 24.8 Å². The highest BCUT2D eigenvalue weighted by Gasteiger charge is 2.27. The highest BCUT2D eigenvalue weighted by atomic mass is 32.2. The van der Waals surface area contributed by atoms with Crippen molar-refractivity contribution in [3.05, 3.63) is 131 Å². The van der Waals surface area contributed by atoms with E-state index in [9.17, 15) is 17.6 Å². The van der Waals surface area contributed by atoms with Crippen LogP contribution in [0.2, 0.25) is 0 Å². The number of nitrogen functional groups attached to an aromatic ring is 1. The fourth-order valence-corrected chi connectivity index (χ4v) is 5.88. The number of nitrogens with zero attached hydrogens (tertiary/aromatic N) is 6. The molecule has 0 saturated heterocycles. The van der Waals surface area contributed by atoms with Crippen molar-refractivity contribution >= 4 is 37.9 Å². The van der Waals surface area contributed by atoms with Gasteiger partial charge in [0, 0.05) is 5.56 Å². The Kier molecular flexibility index (Phi) is 9.10. The van der Waals surface area contributed by atoms with Gasteiger partial charge in [-0.15, -0.1) is 0 Å². The Balaban J connectivity index is 0.000000336. The van der Waals surface area contributed by atoms with Crippen molar-refractivity contribution in [2.75, 3.05) is 12.8 Å². The van der Waals surface area contributed by atoms with E-state index in [4.69, 9.17) is 20.0 Å². The first-order valence-electron chi connectivity index (χ1n) is 15.0. The van der Waals surface area contributed by atoms with Gasteiger partial charge in [0.05, 0.1) is 34.0 Å². The Labute approximate surface area is 284 Å². The van der Waals surface area contributed by atoms with Crippen LogP contribution in [0.25, 0.3) is 38.9 Å². The number of fused-ring (bicyclic) bond motifs is 2. The van der Waals surface area contributed by atoms with E-state index >= 15 is 4.39 Å². The molecule has 0 unspecified atom stereocenters. The number of nitrogens with two attached hydrogens (primary N) is 1. The Morgan fingerprint density at radius 2 is 1.58 bits per heavy atom. The molecule has 0 aliphatic heterocycles. The Morgan fingerprint density at radius 1 is 0.900 bits per heavy atom. The monoisotopic (exact) mass is 697 g/mol. The number of para-hydroxylation sites is 2. The minimum Gasteiger partial charge on any atom is -0.494 e. The highest BCUT2D eigenvalue weighted by molar-refractivity contribution is 7.85. The average molecular weight is 698 g/mol. The summed E-state index contributed by atoms with van der Waals surface area (Å²) in [4.78, 5) is 26.9. The lowest BCUT2D eigenvalue weighted by Gasteiger charge is -2.19. The molecule has 0 saturated carbocycles. The molecule has 0 spiro atoms. The van der Waals surface area contributed by atoms with Gasteiger partial charge in [0.1, 0.15) is 29.7 Å². The second-order valence-electron chi connectivity index (χ2n) is 11.1. The normalized spacial score (nSPS) is 12.0. The number of anilines is 1. The van der Waals surface area contributed by atoms with E-state index in [2.05, 4.69) is 15.1 Å². The summed E-state index contributed by atoms with van der Waals surface area (Å²) in [5.74, 6) is -2.16. The highest BCUT2D eigenvalue weighted by Crippen LogP contribution is 2.36. The Hall–Kier alpha value is -6.06. The van der Waals surface area contributed by atoms with Gasteiger partial charge in [-0.1, -0.05) is 48.0 Å². The number of hydrogen-bond donors (Lipinski definition) is 2. The number of aryl methyl sites for hydroxylation is 1. The van der Waals surface area contributed by atoms with E-state index in [1.165, 1.54) is 47.0 Å². The van der Waals surface area contributed by atoms with E-state index in [1.807, 2.05) is 25.1 Å². The zero-order valence-electron chi connectivity index (χ0n) is 26.8. The van der Waals surface area contributed by atoms with E-state index in [0.29, 0.717) is 22.4 Å². The molecule has 15 heteroatoms. The number of methoxy groups -OCH3 is 1. The summed E-state index contributed by atoms with van der Waals surface area (Å²) in [5, 5.41) is 5.32. The number of halogens is 2. The largest absolute Gasteiger partial charge is 0.494 e. The third-order valence-electron chi connectivity index (χ3n) is 7.92. The molecule has 0 bridgehead atoms. The lowest BCUT2D eigenvalue weighted by molar-refractivity contribution is 0.372. The molecule has 0 amide bonds. The first kappa shape index (κ1) is 33.8. The molecule has 254 valence electrons. The summed E-state index contributed by atoms with van der Waals surface area (Å²) < 4.78 is 67.3. The van der Waals surface area contributed by atoms with Crippen molar-refractivity contribution in [1.82, 2.24) is 29.3 Å². The van der Waals surface area contributed by atoms with Crippen LogP contribution in [0, 0.1) is 18.6 Å². The maximum atomic E-state index is 15.2. The molecule has 1 atom stereocenters. The van der Waals surface area contributed by atoms with Gasteiger partial charge < -0.3 is 10.5 Å². The van der Waals surface area contributed by atoms with Gasteiger partial charge in [0.25, 0.3) is 15.7 Å². The molecule has 3 N–H and O–H groups in total. The van der Waals surface area contributed by atoms with Crippen LogP contribution >= 0.6 is 0 Å². The predicted octanol–water partition coefficient (Wildman–Crippen LogP) is 5.91. The van der Waals surface area contributed by atoms with Crippen molar-refractivity contribution in [2.24, 2.45) is 0 Å². The van der Waals surface area contributed by atoms with E-state index in [1.54, 1.807) is 55.5 Å². The first-order valence-corrected chi connectivity index (χ1v) is 16.5. The van der Waals surface area contributed by atoms with Crippen LogP contribution in [0.1, 0.15) is 24.4 Å². The fraction of sp³-hybridized carbons (Fsp3) is 0.114. The van der Waals surface area contributed by atoms with Gasteiger partial charge in [-0.25, -0.2) is 24.0 Å². The minimum atomic E-state index is -4.02. The molecule has 12 nitrogen and oxygen atoms in total. The lowest BCUT2D eigenvalue weighted by Crippen LogP contribution is -2.27. The molecule has 0 aliphatic rings. The molecule has 0 fully saturated rings. The van der Waals surface area contributed by atoms with E-state index in [-0.39, 0.29) is 44.3 Å². The number of aromatic nitrogens is 6. The van der Waals surface area contributed by atoms with Crippen LogP contribution in [-0.4, -0.2) is 49.4 Å². The second-order valence-corrected chi connectivity index (χ2v) is 12.5. The van der Waals surface area contributed by atoms with Crippen LogP contribution < -0.4 is 16.0 Å². The maximum Gasteiger partial charge on any atom is 0.294 e. The third-order valence-corrected chi connectivity index (χ3v) is 8.78. The topological polar surface area (TPSA) is 168 Å². The van der Waals surface area contributed by atoms with Gasteiger partial charge in [0.2, 0.25) is 5.82 Å². The number of benzene rings is 4. The predicted molar refractivity (Wildman–Crippen MR) is 184 cm³/mol. The molecular formula is C35H29F2N7O5S. The van der Waals surface area contributed by atoms with Gasteiger partial charge in [-0.2, -0.15) is 17.9 Å². The van der Waals surface area contributed by atoms with Crippen molar-refractivity contribution in [3.63, 3.8) is 0 Å². The lowest BCUT2D eigenvalue weighted by atomic mass is 10.1. The SMILES string of the molecule is COc1ccc(-c2nn([C@@H](C)c3nc4ccccc4c(=O)n3-c3ccccc3)c3ncnc(N)c23)c(F)c1F.Cc1ccc(S(=O)(=O)O)cc1. The average Bonchev–Trinajstić information content (AvgIpc) is 3.50. The molecule has 3 heterocycles. The van der Waals surface area contributed by atoms with Crippen LogP contribution in [0.5, 0.6) is 5.75 Å². The third kappa shape index (κ3) is 6.26. The molecular weight excluding hydrogens is 668 g/mol. The van der Waals surface area contributed by atoms with Gasteiger partial charge >= 0.3 is 0 Å². The number of hydrogen-bond acceptors (Lipinski definition) is 9. The smallest absolute Gasteiger partial charge is 0.294 e. The summed E-state index contributed by atoms with van der Waals surface area (Å²) in [6, 6.07) is 24.1. The van der Waals surface area contributed by atoms with Crippen molar-refractivity contribution < 1.29 is 26.5 Å². The second kappa shape index (κ2) is 13.4. The Morgan fingerprint density at radius 3 is 2.26 bits per heavy atom. The van der Waals surface area contributed by atoms with Crippen molar-refractivity contribution in [3.8, 4) is 22.7 Å². The number of ether oxygens (including phenoxy) is 1. The summed E-state index contributed by atoms with van der Waals surface area (Å²) in [7, 11) is -2.77. The van der Waals surface area contributed by atoms with Crippen molar-refractivity contribution in [1.29, 1.82) is 0 Å². The molecule has 7 rings (SSSR count). The van der Waals surface area contributed by atoms with Crippen LogP contribution in [0.15, 0.2) is 107 Å². The molecule has 7 aromatic rings. The molecule has 0 aliphatic carbocycles. The molecule has 3 aromatic heterocycles. The first-order chi connectivity index (χ1) is 23.9. The van der Waals surface area contributed by atoms with Gasteiger partial charge in [-0.05, 0) is 62.4 Å². The van der Waals surface area contributed by atoms with Crippen LogP contribution in [-0.2, 0) is 10.1 Å². The zero-order valence-corrected chi connectivity index (χ0v) is 27.6. The minimum absolute atomic E-state index is 0.0380. The summed E-state index contributed by atoms with van der Waals surface area (Å²) >= 11 is 0. The van der Waals surface area contributed by atoms with Crippen LogP contribution in [0.3, 0.4) is 0 Å². The van der Waals surface area contributed by atoms with Crippen LogP contribution in [0.4, 0.5) is 14.6 Å². The quantitative estimate of drug-likeness (QED) is 0.199. The zero-order chi connectivity index (χ0) is 35.7. The molecule has 50 heavy (non-hydrogen) atoms. The fourth-order valence-electron chi connectivity index (χ4n) is 5.40. The summed E-state index contributed by atoms with van der Waals surface area (Å²) in [6.45, 7) is 3.63. The summed E-state index contributed by atoms with van der Waals surface area (Å²) in [5.41, 5.74) is 8.17. The van der Waals surface area contributed by atoms with Gasteiger partial charge in [0.15, 0.2) is 17.2 Å². The maximum absolute atomic E-state index is 15.2. The molecule has 4 aromatic carbocycles. The van der Waals surface area contributed by atoms with E-state index < -0.39 is 27.8 Å². The van der Waals surface area contributed by atoms with E-state index in [0.717, 1.165) is 5.56 Å². The number of rotatable bonds is 6. The molecule has 0 radical (unpaired) electrons. The Bertz CT molecular complexity index is 2540. The summed E-state index contributed by atoms with van der Waals surface area (Å²) in [6.07, 6.45) is 1.26.